The van der Waals surface area contributed by atoms with Crippen LogP contribution in [-0.4, -0.2) is 36.2 Å². The van der Waals surface area contributed by atoms with Crippen molar-refractivity contribution < 1.29 is 19.0 Å². The summed E-state index contributed by atoms with van der Waals surface area (Å²) in [6.45, 7) is -0.0113. The summed E-state index contributed by atoms with van der Waals surface area (Å²) < 4.78 is 19.2. The number of amides is 1. The molecule has 0 bridgehead atoms. The van der Waals surface area contributed by atoms with Gasteiger partial charge in [-0.2, -0.15) is 0 Å². The molecule has 0 saturated carbocycles. The summed E-state index contributed by atoms with van der Waals surface area (Å²) >= 11 is 5.96. The van der Waals surface area contributed by atoms with Crippen molar-refractivity contribution in [3.63, 3.8) is 0 Å². The zero-order valence-electron chi connectivity index (χ0n) is 12.6. The second-order valence-electron chi connectivity index (χ2n) is 4.86. The van der Waals surface area contributed by atoms with E-state index in [1.165, 1.54) is 30.2 Å². The normalized spacial score (nSPS) is 10.4. The lowest BCUT2D eigenvalue weighted by Crippen LogP contribution is -2.34. The van der Waals surface area contributed by atoms with E-state index in [4.69, 9.17) is 16.3 Å². The first-order valence-electron chi connectivity index (χ1n) is 7.04. The topological polar surface area (TPSA) is 49.8 Å². The van der Waals surface area contributed by atoms with E-state index in [1.807, 2.05) is 12.1 Å². The van der Waals surface area contributed by atoms with E-state index in [2.05, 4.69) is 0 Å². The number of nitrogens with zero attached hydrogens (tertiary/aromatic N) is 1. The third-order valence-electron chi connectivity index (χ3n) is 3.39. The van der Waals surface area contributed by atoms with Crippen molar-refractivity contribution in [2.45, 2.75) is 6.54 Å². The molecule has 0 saturated heterocycles. The van der Waals surface area contributed by atoms with E-state index in [1.54, 1.807) is 12.1 Å². The van der Waals surface area contributed by atoms with Crippen molar-refractivity contribution in [3.8, 4) is 5.75 Å². The zero-order valence-corrected chi connectivity index (χ0v) is 13.4. The average molecular weight is 338 g/mol. The molecule has 1 N–H and O–H groups in total. The molecule has 23 heavy (non-hydrogen) atoms. The molecule has 0 aliphatic rings. The molecule has 0 heterocycles. The maximum absolute atomic E-state index is 14.0. The Morgan fingerprint density at radius 1 is 1.26 bits per heavy atom. The van der Waals surface area contributed by atoms with Crippen LogP contribution < -0.4 is 4.74 Å². The molecule has 0 fully saturated rings. The van der Waals surface area contributed by atoms with Crippen LogP contribution in [0.1, 0.15) is 15.9 Å². The molecular weight excluding hydrogens is 321 g/mol. The Kier molecular flexibility index (Phi) is 5.96. The van der Waals surface area contributed by atoms with Gasteiger partial charge in [0.25, 0.3) is 5.91 Å². The predicted molar refractivity (Wildman–Crippen MR) is 86.2 cm³/mol. The standard InChI is InChI=1S/C17H17ClFNO3/c1-23-15-8-3-2-5-12(15)11-20(9-10-21)17(22)16-13(18)6-4-7-14(16)19/h2-8,21H,9-11H2,1H3. The maximum atomic E-state index is 14.0. The first-order chi connectivity index (χ1) is 11.1. The highest BCUT2D eigenvalue weighted by Crippen LogP contribution is 2.24. The Labute approximate surface area is 139 Å². The van der Waals surface area contributed by atoms with E-state index in [0.29, 0.717) is 5.75 Å². The molecule has 0 aliphatic carbocycles. The molecule has 0 atom stereocenters. The molecule has 0 spiro atoms. The average Bonchev–Trinajstić information content (AvgIpc) is 2.54. The number of carbonyl (C=O) groups is 1. The molecule has 0 radical (unpaired) electrons. The van der Waals surface area contributed by atoms with Gasteiger partial charge in [0.05, 0.1) is 24.3 Å². The smallest absolute Gasteiger partial charge is 0.258 e. The van der Waals surface area contributed by atoms with E-state index in [-0.39, 0.29) is 30.3 Å². The number of aliphatic hydroxyl groups is 1. The first-order valence-corrected chi connectivity index (χ1v) is 7.42. The van der Waals surface area contributed by atoms with Crippen LogP contribution in [0.25, 0.3) is 0 Å². The minimum absolute atomic E-state index is 0.0398. The number of halogens is 2. The number of carbonyl (C=O) groups excluding carboxylic acids is 1. The number of hydrogen-bond acceptors (Lipinski definition) is 3. The molecule has 0 aliphatic heterocycles. The van der Waals surface area contributed by atoms with Crippen molar-refractivity contribution in [2.24, 2.45) is 0 Å². The number of benzene rings is 2. The van der Waals surface area contributed by atoms with Gasteiger partial charge in [0, 0.05) is 18.7 Å². The third kappa shape index (κ3) is 4.00. The fourth-order valence-electron chi connectivity index (χ4n) is 2.27. The Morgan fingerprint density at radius 2 is 2.00 bits per heavy atom. The molecule has 6 heteroatoms. The number of aliphatic hydroxyl groups excluding tert-OH is 1. The van der Waals surface area contributed by atoms with Crippen molar-refractivity contribution in [3.05, 3.63) is 64.4 Å². The Morgan fingerprint density at radius 3 is 2.65 bits per heavy atom. The van der Waals surface area contributed by atoms with E-state index in [0.717, 1.165) is 5.56 Å². The highest BCUT2D eigenvalue weighted by molar-refractivity contribution is 6.33. The maximum Gasteiger partial charge on any atom is 0.258 e. The van der Waals surface area contributed by atoms with Crippen LogP contribution in [0.15, 0.2) is 42.5 Å². The summed E-state index contributed by atoms with van der Waals surface area (Å²) in [6.07, 6.45) is 0. The fourth-order valence-corrected chi connectivity index (χ4v) is 2.52. The summed E-state index contributed by atoms with van der Waals surface area (Å²) in [4.78, 5) is 14.0. The lowest BCUT2D eigenvalue weighted by molar-refractivity contribution is 0.0702. The second kappa shape index (κ2) is 7.94. The summed E-state index contributed by atoms with van der Waals surface area (Å²) in [5, 5.41) is 9.26. The van der Waals surface area contributed by atoms with Crippen LogP contribution >= 0.6 is 11.6 Å². The van der Waals surface area contributed by atoms with Crippen LogP contribution in [-0.2, 0) is 6.54 Å². The van der Waals surface area contributed by atoms with Crippen LogP contribution in [0, 0.1) is 5.82 Å². The molecule has 2 aromatic rings. The van der Waals surface area contributed by atoms with Gasteiger partial charge in [-0.25, -0.2) is 4.39 Å². The van der Waals surface area contributed by atoms with Gasteiger partial charge < -0.3 is 14.7 Å². The number of ether oxygens (including phenoxy) is 1. The van der Waals surface area contributed by atoms with Crippen molar-refractivity contribution in [2.75, 3.05) is 20.3 Å². The van der Waals surface area contributed by atoms with Gasteiger partial charge in [-0.15, -0.1) is 0 Å². The molecule has 0 aromatic heterocycles. The summed E-state index contributed by atoms with van der Waals surface area (Å²) in [5.74, 6) is -0.651. The molecule has 122 valence electrons. The quantitative estimate of drug-likeness (QED) is 0.881. The second-order valence-corrected chi connectivity index (χ2v) is 5.27. The first kappa shape index (κ1) is 17.2. The monoisotopic (exact) mass is 337 g/mol. The van der Waals surface area contributed by atoms with Gasteiger partial charge in [-0.05, 0) is 18.2 Å². The lowest BCUT2D eigenvalue weighted by Gasteiger charge is -2.23. The van der Waals surface area contributed by atoms with Gasteiger partial charge >= 0.3 is 0 Å². The zero-order chi connectivity index (χ0) is 16.8. The van der Waals surface area contributed by atoms with Crippen molar-refractivity contribution in [1.29, 1.82) is 0 Å². The van der Waals surface area contributed by atoms with Crippen LogP contribution in [0.4, 0.5) is 4.39 Å². The summed E-state index contributed by atoms with van der Waals surface area (Å²) in [6, 6.07) is 11.3. The number of para-hydroxylation sites is 1. The van der Waals surface area contributed by atoms with Crippen molar-refractivity contribution in [1.82, 2.24) is 4.90 Å². The van der Waals surface area contributed by atoms with Gasteiger partial charge in [0.1, 0.15) is 11.6 Å². The van der Waals surface area contributed by atoms with Crippen LogP contribution in [0.2, 0.25) is 5.02 Å². The van der Waals surface area contributed by atoms with Gasteiger partial charge in [0.15, 0.2) is 0 Å². The Bertz CT molecular complexity index is 673. The molecule has 1 amide bonds. The largest absolute Gasteiger partial charge is 0.496 e. The summed E-state index contributed by atoms with van der Waals surface area (Å²) in [5.41, 5.74) is 0.557. The van der Waals surface area contributed by atoms with Crippen LogP contribution in [0.3, 0.4) is 0 Å². The molecule has 2 rings (SSSR count). The van der Waals surface area contributed by atoms with Gasteiger partial charge in [0.2, 0.25) is 0 Å². The Balaban J connectivity index is 2.33. The van der Waals surface area contributed by atoms with Gasteiger partial charge in [-0.1, -0.05) is 35.9 Å². The molecule has 2 aromatic carbocycles. The SMILES string of the molecule is COc1ccccc1CN(CCO)C(=O)c1c(F)cccc1Cl. The minimum atomic E-state index is -0.689. The van der Waals surface area contributed by atoms with E-state index in [9.17, 15) is 14.3 Å². The molecule has 0 unspecified atom stereocenters. The predicted octanol–water partition coefficient (Wildman–Crippen LogP) is 3.12. The van der Waals surface area contributed by atoms with E-state index >= 15 is 0 Å². The van der Waals surface area contributed by atoms with Crippen LogP contribution in [0.5, 0.6) is 5.75 Å². The molecular formula is C17H17ClFNO3. The highest BCUT2D eigenvalue weighted by Gasteiger charge is 2.22. The third-order valence-corrected chi connectivity index (χ3v) is 3.70. The minimum Gasteiger partial charge on any atom is -0.496 e. The number of methoxy groups -OCH3 is 1. The lowest BCUT2D eigenvalue weighted by atomic mass is 10.1. The Hall–Kier alpha value is -2.11. The van der Waals surface area contributed by atoms with E-state index < -0.39 is 11.7 Å². The van der Waals surface area contributed by atoms with Crippen molar-refractivity contribution >= 4 is 17.5 Å². The highest BCUT2D eigenvalue weighted by atomic mass is 35.5. The molecule has 4 nitrogen and oxygen atoms in total. The fraction of sp³-hybridized carbons (Fsp3) is 0.235. The summed E-state index contributed by atoms with van der Waals surface area (Å²) in [7, 11) is 1.53. The number of rotatable bonds is 6. The van der Waals surface area contributed by atoms with Gasteiger partial charge in [-0.3, -0.25) is 4.79 Å². The number of hydrogen-bond donors (Lipinski definition) is 1.